The van der Waals surface area contributed by atoms with Crippen molar-refractivity contribution in [3.05, 3.63) is 52.4 Å². The van der Waals surface area contributed by atoms with Crippen LogP contribution >= 0.6 is 11.8 Å². The number of thioether (sulfide) groups is 1. The molecule has 8 nitrogen and oxygen atoms in total. The van der Waals surface area contributed by atoms with Crippen LogP contribution in [0.1, 0.15) is 19.4 Å². The summed E-state index contributed by atoms with van der Waals surface area (Å²) in [7, 11) is 3.72. The van der Waals surface area contributed by atoms with Crippen LogP contribution in [0, 0.1) is 0 Å². The van der Waals surface area contributed by atoms with Crippen LogP contribution in [0.25, 0.3) is 6.08 Å². The van der Waals surface area contributed by atoms with Crippen LogP contribution in [-0.2, 0) is 15.1 Å². The molecule has 0 spiro atoms. The Bertz CT molecular complexity index is 983. The van der Waals surface area contributed by atoms with E-state index in [4.69, 9.17) is 4.74 Å². The SMILES string of the molecule is CN/C(=C\C(=O)C(C)(C)n1cncn1)S/C(C=O)=C\c1ccc2c(c1)N(C)CCO2. The van der Waals surface area contributed by atoms with Crippen molar-refractivity contribution in [3.8, 4) is 5.75 Å². The van der Waals surface area contributed by atoms with Gasteiger partial charge in [-0.05, 0) is 37.6 Å². The molecule has 158 valence electrons. The third-order valence-corrected chi connectivity index (χ3v) is 5.83. The van der Waals surface area contributed by atoms with E-state index in [0.29, 0.717) is 16.5 Å². The number of ether oxygens (including phenoxy) is 1. The van der Waals surface area contributed by atoms with Crippen molar-refractivity contribution in [1.29, 1.82) is 0 Å². The van der Waals surface area contributed by atoms with Crippen LogP contribution in [0.5, 0.6) is 5.75 Å². The quantitative estimate of drug-likeness (QED) is 0.508. The minimum absolute atomic E-state index is 0.164. The van der Waals surface area contributed by atoms with Crippen molar-refractivity contribution in [2.24, 2.45) is 0 Å². The van der Waals surface area contributed by atoms with Gasteiger partial charge in [0.25, 0.3) is 0 Å². The Balaban J connectivity index is 1.81. The fraction of sp³-hybridized carbons (Fsp3) is 0.333. The molecule has 0 saturated carbocycles. The normalized spacial score (nSPS) is 14.7. The van der Waals surface area contributed by atoms with Crippen molar-refractivity contribution in [3.63, 3.8) is 0 Å². The van der Waals surface area contributed by atoms with Gasteiger partial charge in [-0.2, -0.15) is 5.10 Å². The lowest BCUT2D eigenvalue weighted by Crippen LogP contribution is -2.35. The Labute approximate surface area is 180 Å². The van der Waals surface area contributed by atoms with E-state index >= 15 is 0 Å². The summed E-state index contributed by atoms with van der Waals surface area (Å²) in [6.45, 7) is 5.00. The highest BCUT2D eigenvalue weighted by atomic mass is 32.2. The molecule has 0 unspecified atom stereocenters. The van der Waals surface area contributed by atoms with E-state index in [1.165, 1.54) is 35.2 Å². The standard InChI is InChI=1S/C21H25N5O3S/c1-21(2,26-14-23-13-24-26)19(28)11-20(22-3)30-16(12-27)9-15-5-6-18-17(10-15)25(4)7-8-29-18/h5-6,9-14,22H,7-8H2,1-4H3/b16-9-,20-11+. The molecular weight excluding hydrogens is 402 g/mol. The van der Waals surface area contributed by atoms with Gasteiger partial charge in [0.1, 0.15) is 30.5 Å². The molecule has 1 aliphatic rings. The molecule has 0 amide bonds. The van der Waals surface area contributed by atoms with Crippen LogP contribution in [0.2, 0.25) is 0 Å². The lowest BCUT2D eigenvalue weighted by molar-refractivity contribution is -0.121. The van der Waals surface area contributed by atoms with E-state index in [-0.39, 0.29) is 5.78 Å². The van der Waals surface area contributed by atoms with Crippen molar-refractivity contribution in [2.45, 2.75) is 19.4 Å². The molecule has 0 aliphatic carbocycles. The molecule has 1 aromatic carbocycles. The van der Waals surface area contributed by atoms with Crippen LogP contribution in [0.15, 0.2) is 46.9 Å². The summed E-state index contributed by atoms with van der Waals surface area (Å²) in [5.74, 6) is 0.667. The summed E-state index contributed by atoms with van der Waals surface area (Å²) >= 11 is 1.20. The molecule has 1 N–H and O–H groups in total. The average molecular weight is 428 g/mol. The van der Waals surface area contributed by atoms with Gasteiger partial charge in [-0.1, -0.05) is 17.8 Å². The van der Waals surface area contributed by atoms with Crippen LogP contribution in [-0.4, -0.2) is 54.1 Å². The smallest absolute Gasteiger partial charge is 0.185 e. The van der Waals surface area contributed by atoms with Gasteiger partial charge >= 0.3 is 0 Å². The zero-order chi connectivity index (χ0) is 21.7. The van der Waals surface area contributed by atoms with Crippen molar-refractivity contribution >= 4 is 35.6 Å². The fourth-order valence-electron chi connectivity index (χ4n) is 2.89. The van der Waals surface area contributed by atoms with Crippen LogP contribution in [0.3, 0.4) is 0 Å². The number of carbonyl (C=O) groups excluding carboxylic acids is 2. The number of fused-ring (bicyclic) bond motifs is 1. The highest BCUT2D eigenvalue weighted by Gasteiger charge is 2.29. The van der Waals surface area contributed by atoms with Crippen molar-refractivity contribution < 1.29 is 14.3 Å². The van der Waals surface area contributed by atoms with Gasteiger partial charge in [0.2, 0.25) is 0 Å². The second kappa shape index (κ2) is 9.17. The average Bonchev–Trinajstić information content (AvgIpc) is 3.29. The monoisotopic (exact) mass is 427 g/mol. The van der Waals surface area contributed by atoms with Gasteiger partial charge in [-0.3, -0.25) is 9.59 Å². The number of nitrogens with zero attached hydrogens (tertiary/aromatic N) is 4. The van der Waals surface area contributed by atoms with Gasteiger partial charge in [-0.25, -0.2) is 9.67 Å². The molecule has 2 heterocycles. The number of benzene rings is 1. The lowest BCUT2D eigenvalue weighted by Gasteiger charge is -2.27. The Morgan fingerprint density at radius 1 is 1.37 bits per heavy atom. The molecule has 0 atom stereocenters. The zero-order valence-electron chi connectivity index (χ0n) is 17.5. The lowest BCUT2D eigenvalue weighted by atomic mass is 9.99. The molecule has 0 fully saturated rings. The minimum atomic E-state index is -0.896. The van der Waals surface area contributed by atoms with Gasteiger partial charge in [0.15, 0.2) is 12.1 Å². The number of anilines is 1. The van der Waals surface area contributed by atoms with Crippen molar-refractivity contribution in [1.82, 2.24) is 20.1 Å². The number of allylic oxidation sites excluding steroid dienone is 2. The Hall–Kier alpha value is -3.07. The maximum atomic E-state index is 12.8. The van der Waals surface area contributed by atoms with Gasteiger partial charge < -0.3 is 15.0 Å². The van der Waals surface area contributed by atoms with E-state index in [2.05, 4.69) is 20.3 Å². The number of hydrogen-bond acceptors (Lipinski definition) is 8. The summed E-state index contributed by atoms with van der Waals surface area (Å²) in [4.78, 5) is 31.0. The molecule has 9 heteroatoms. The topological polar surface area (TPSA) is 89.3 Å². The molecule has 2 aromatic rings. The first-order valence-corrected chi connectivity index (χ1v) is 10.3. The zero-order valence-corrected chi connectivity index (χ0v) is 18.3. The van der Waals surface area contributed by atoms with E-state index in [0.717, 1.165) is 29.8 Å². The Kier molecular flexibility index (Phi) is 6.61. The second-order valence-electron chi connectivity index (χ2n) is 7.29. The molecule has 0 bridgehead atoms. The fourth-order valence-corrected chi connectivity index (χ4v) is 3.66. The first-order chi connectivity index (χ1) is 14.3. The van der Waals surface area contributed by atoms with Crippen LogP contribution in [0.4, 0.5) is 5.69 Å². The molecule has 30 heavy (non-hydrogen) atoms. The number of carbonyl (C=O) groups is 2. The number of likely N-dealkylation sites (N-methyl/N-ethyl adjacent to an activating group) is 1. The largest absolute Gasteiger partial charge is 0.490 e. The van der Waals surface area contributed by atoms with E-state index < -0.39 is 5.54 Å². The summed E-state index contributed by atoms with van der Waals surface area (Å²) < 4.78 is 7.17. The third kappa shape index (κ3) is 4.73. The maximum absolute atomic E-state index is 12.8. The summed E-state index contributed by atoms with van der Waals surface area (Å²) in [5, 5.41) is 7.61. The van der Waals surface area contributed by atoms with E-state index in [1.54, 1.807) is 27.0 Å². The summed E-state index contributed by atoms with van der Waals surface area (Å²) in [5.41, 5.74) is 0.970. The third-order valence-electron chi connectivity index (χ3n) is 4.83. The highest BCUT2D eigenvalue weighted by Crippen LogP contribution is 2.33. The number of hydrogen-bond donors (Lipinski definition) is 1. The van der Waals surface area contributed by atoms with E-state index in [1.807, 2.05) is 25.2 Å². The number of ketones is 1. The molecule has 3 rings (SSSR count). The van der Waals surface area contributed by atoms with Crippen LogP contribution < -0.4 is 15.0 Å². The second-order valence-corrected chi connectivity index (χ2v) is 8.40. The number of aromatic nitrogens is 3. The van der Waals surface area contributed by atoms with E-state index in [9.17, 15) is 9.59 Å². The molecular formula is C21H25N5O3S. The molecule has 1 aromatic heterocycles. The van der Waals surface area contributed by atoms with Crippen molar-refractivity contribution in [2.75, 3.05) is 32.1 Å². The number of nitrogens with one attached hydrogen (secondary N) is 1. The Morgan fingerprint density at radius 2 is 2.17 bits per heavy atom. The first kappa shape index (κ1) is 21.6. The number of rotatable bonds is 8. The van der Waals surface area contributed by atoms with Gasteiger partial charge in [-0.15, -0.1) is 0 Å². The molecule has 0 saturated heterocycles. The van der Waals surface area contributed by atoms with Gasteiger partial charge in [0, 0.05) is 20.2 Å². The van der Waals surface area contributed by atoms with Gasteiger partial charge in [0.05, 0.1) is 22.2 Å². The summed E-state index contributed by atoms with van der Waals surface area (Å²) in [6, 6.07) is 5.80. The maximum Gasteiger partial charge on any atom is 0.185 e. The minimum Gasteiger partial charge on any atom is -0.490 e. The molecule has 0 radical (unpaired) electrons. The summed E-state index contributed by atoms with van der Waals surface area (Å²) in [6.07, 6.45) is 6.95. The number of aldehydes is 1. The Morgan fingerprint density at radius 3 is 2.83 bits per heavy atom. The predicted octanol–water partition coefficient (Wildman–Crippen LogP) is 2.44. The highest BCUT2D eigenvalue weighted by molar-refractivity contribution is 8.07. The first-order valence-electron chi connectivity index (χ1n) is 9.47. The predicted molar refractivity (Wildman–Crippen MR) is 118 cm³/mol. The molecule has 1 aliphatic heterocycles.